The average Bonchev–Trinajstić information content (AvgIpc) is 2.67. The first kappa shape index (κ1) is 23.4. The molecule has 0 saturated heterocycles. The number of hydrogen-bond acceptors (Lipinski definition) is 5. The van der Waals surface area contributed by atoms with E-state index in [1.54, 1.807) is 19.2 Å². The fourth-order valence-corrected chi connectivity index (χ4v) is 3.17. The molecule has 0 spiro atoms. The predicted molar refractivity (Wildman–Crippen MR) is 104 cm³/mol. The van der Waals surface area contributed by atoms with Crippen LogP contribution in [-0.4, -0.2) is 33.0 Å². The van der Waals surface area contributed by atoms with E-state index in [4.69, 9.17) is 18.9 Å². The van der Waals surface area contributed by atoms with Crippen molar-refractivity contribution in [3.63, 3.8) is 0 Å². The Morgan fingerprint density at radius 3 is 1.96 bits per heavy atom. The van der Waals surface area contributed by atoms with Crippen LogP contribution >= 0.6 is 8.58 Å². The zero-order chi connectivity index (χ0) is 19.1. The monoisotopic (exact) mass is 382 g/mol. The number of methoxy groups -OCH3 is 3. The largest absolute Gasteiger partial charge is 1.00 e. The number of ether oxygens (including phenoxy) is 4. The molecular weight excluding hydrogens is 358 g/mol. The minimum Gasteiger partial charge on any atom is -0.496 e. The Bertz CT molecular complexity index is 724. The second kappa shape index (κ2) is 11.2. The molecule has 1 atom stereocenters. The van der Waals surface area contributed by atoms with Gasteiger partial charge in [-0.3, -0.25) is 0 Å². The van der Waals surface area contributed by atoms with Crippen LogP contribution in [0.4, 0.5) is 0 Å². The van der Waals surface area contributed by atoms with Gasteiger partial charge in [-0.2, -0.15) is 5.30 Å². The second-order valence-corrected chi connectivity index (χ2v) is 6.80. The Kier molecular flexibility index (Phi) is 9.73. The van der Waals surface area contributed by atoms with Crippen molar-refractivity contribution >= 4 is 19.4 Å². The van der Waals surface area contributed by atoms with Gasteiger partial charge in [0, 0.05) is 17.7 Å². The summed E-state index contributed by atoms with van der Waals surface area (Å²) in [6, 6.07) is 10.9. The molecule has 0 heterocycles. The van der Waals surface area contributed by atoms with Gasteiger partial charge in [-0.15, -0.1) is 0 Å². The number of carbonyl (C=O) groups is 1. The van der Waals surface area contributed by atoms with E-state index in [-0.39, 0.29) is 30.5 Å². The molecule has 0 N–H and O–H groups in total. The molecule has 0 aliphatic heterocycles. The molecule has 0 aliphatic carbocycles. The summed E-state index contributed by atoms with van der Waals surface area (Å²) in [5.74, 6) is 2.22. The number of benzene rings is 2. The molecule has 5 nitrogen and oxygen atoms in total. The van der Waals surface area contributed by atoms with Crippen LogP contribution in [0.2, 0.25) is 0 Å². The van der Waals surface area contributed by atoms with Crippen LogP contribution in [0, 0.1) is 0 Å². The van der Waals surface area contributed by atoms with Crippen molar-refractivity contribution in [2.24, 2.45) is 0 Å². The number of carbonyl (C=O) groups excluding carboxylic acids is 1. The maximum Gasteiger partial charge on any atom is 1.00 e. The van der Waals surface area contributed by atoms with E-state index in [2.05, 4.69) is 6.92 Å². The van der Waals surface area contributed by atoms with Gasteiger partial charge >= 0.3 is 18.9 Å². The first-order chi connectivity index (χ1) is 12.5. The molecule has 1 unspecified atom stereocenters. The maximum absolute atomic E-state index is 12.8. The van der Waals surface area contributed by atoms with Crippen molar-refractivity contribution < 1.29 is 42.6 Å². The molecular formula is C20H24LiO5P. The summed E-state index contributed by atoms with van der Waals surface area (Å²) in [6.45, 7) is 4.10. The van der Waals surface area contributed by atoms with Crippen molar-refractivity contribution in [2.75, 3.05) is 21.3 Å². The Balaban J connectivity index is 0.00000364. The molecule has 7 heteroatoms. The quantitative estimate of drug-likeness (QED) is 0.484. The summed E-state index contributed by atoms with van der Waals surface area (Å²) in [7, 11) is 5.11. The maximum atomic E-state index is 12.8. The summed E-state index contributed by atoms with van der Waals surface area (Å²) < 4.78 is 21.7. The fraction of sp³-hybridized carbons (Fsp3) is 0.350. The van der Waals surface area contributed by atoms with Crippen LogP contribution in [-0.2, 0) is 0 Å². The minimum absolute atomic E-state index is 0. The van der Waals surface area contributed by atoms with E-state index >= 15 is 0 Å². The summed E-state index contributed by atoms with van der Waals surface area (Å²) in [5.41, 5.74) is 0.286. The van der Waals surface area contributed by atoms with Gasteiger partial charge in [0.1, 0.15) is 23.0 Å². The first-order valence-electron chi connectivity index (χ1n) is 8.35. The molecule has 0 aromatic heterocycles. The van der Waals surface area contributed by atoms with E-state index in [0.29, 0.717) is 31.4 Å². The van der Waals surface area contributed by atoms with Gasteiger partial charge in [-0.1, -0.05) is 19.1 Å². The van der Waals surface area contributed by atoms with Crippen LogP contribution < -0.4 is 43.1 Å². The Labute approximate surface area is 174 Å². The fourth-order valence-electron chi connectivity index (χ4n) is 2.30. The summed E-state index contributed by atoms with van der Waals surface area (Å²) in [4.78, 5) is 12.8. The molecule has 2 rings (SSSR count). The van der Waals surface area contributed by atoms with E-state index in [9.17, 15) is 4.79 Å². The predicted octanol–water partition coefficient (Wildman–Crippen LogP) is 1.31. The molecule has 0 bridgehead atoms. The van der Waals surface area contributed by atoms with Crippen LogP contribution in [0.1, 0.15) is 30.6 Å². The molecule has 0 amide bonds. The van der Waals surface area contributed by atoms with Gasteiger partial charge in [0.05, 0.1) is 33.0 Å². The second-order valence-electron chi connectivity index (χ2n) is 5.65. The van der Waals surface area contributed by atoms with Gasteiger partial charge in [-0.25, -0.2) is 0 Å². The van der Waals surface area contributed by atoms with Crippen molar-refractivity contribution in [1.29, 1.82) is 0 Å². The zero-order valence-corrected chi connectivity index (χ0v) is 17.6. The van der Waals surface area contributed by atoms with Gasteiger partial charge in [0.15, 0.2) is 0 Å². The molecule has 0 saturated carbocycles. The Morgan fingerprint density at radius 2 is 1.52 bits per heavy atom. The van der Waals surface area contributed by atoms with Crippen LogP contribution in [0.25, 0.3) is 0 Å². The van der Waals surface area contributed by atoms with E-state index in [1.165, 1.54) is 14.2 Å². The SMILES string of the molecule is CCC(C)Oc1ccc([P-]C(=O)c2c(OC)cc(OC)cc2OC)cc1.[Li+]. The van der Waals surface area contributed by atoms with E-state index < -0.39 is 0 Å². The Hall–Kier alpha value is -1.66. The third-order valence-corrected chi connectivity index (χ3v) is 4.89. The van der Waals surface area contributed by atoms with E-state index in [1.807, 2.05) is 31.2 Å². The molecule has 0 aliphatic rings. The van der Waals surface area contributed by atoms with Crippen LogP contribution in [0.3, 0.4) is 0 Å². The van der Waals surface area contributed by atoms with Gasteiger partial charge < -0.3 is 32.3 Å². The van der Waals surface area contributed by atoms with E-state index in [0.717, 1.165) is 17.5 Å². The normalized spacial score (nSPS) is 11.6. The third kappa shape index (κ3) is 6.18. The molecule has 0 fully saturated rings. The Morgan fingerprint density at radius 1 is 0.963 bits per heavy atom. The van der Waals surface area contributed by atoms with Crippen LogP contribution in [0.5, 0.6) is 23.0 Å². The van der Waals surface area contributed by atoms with Gasteiger partial charge in [-0.05, 0) is 25.5 Å². The first-order valence-corrected chi connectivity index (χ1v) is 9.24. The third-order valence-electron chi connectivity index (χ3n) is 3.91. The topological polar surface area (TPSA) is 54.0 Å². The molecule has 140 valence electrons. The summed E-state index contributed by atoms with van der Waals surface area (Å²) in [6.07, 6.45) is 1.10. The minimum atomic E-state index is -0.114. The number of hydrogen-bond donors (Lipinski definition) is 0. The number of rotatable bonds is 9. The molecule has 2 aromatic carbocycles. The summed E-state index contributed by atoms with van der Waals surface area (Å²) >= 11 is 0. The smallest absolute Gasteiger partial charge is 0.496 e. The van der Waals surface area contributed by atoms with Crippen LogP contribution in [0.15, 0.2) is 36.4 Å². The van der Waals surface area contributed by atoms with Crippen molar-refractivity contribution in [1.82, 2.24) is 0 Å². The zero-order valence-electron chi connectivity index (χ0n) is 16.7. The van der Waals surface area contributed by atoms with Crippen molar-refractivity contribution in [2.45, 2.75) is 26.4 Å². The average molecular weight is 382 g/mol. The molecule has 0 radical (unpaired) electrons. The van der Waals surface area contributed by atoms with Gasteiger partial charge in [0.2, 0.25) is 0 Å². The van der Waals surface area contributed by atoms with Crippen molar-refractivity contribution in [3.05, 3.63) is 42.0 Å². The molecule has 27 heavy (non-hydrogen) atoms. The van der Waals surface area contributed by atoms with Gasteiger partial charge in [0.25, 0.3) is 0 Å². The molecule has 2 aromatic rings. The standard InChI is InChI=1S/C20H24O5P.Li/c1-6-13(2)25-14-7-9-16(10-8-14)26-20(21)19-17(23-4)11-15(22-3)12-18(19)24-5;/h7-13H,6H2,1-5H3;/q-1;+1. The van der Waals surface area contributed by atoms with Crippen molar-refractivity contribution in [3.8, 4) is 23.0 Å². The summed E-state index contributed by atoms with van der Waals surface area (Å²) in [5, 5.41) is 0.867.